The summed E-state index contributed by atoms with van der Waals surface area (Å²) in [4.78, 5) is 23.1. The Morgan fingerprint density at radius 1 is 1.12 bits per heavy atom. The number of carboxylic acid groups (broad SMARTS) is 1. The standard InChI is InChI=1S/C18H19NO5/c20-17(21)11-24-16-6-5-15(13-3-1-2-4-14(13)16)19-18(22)12-7-9-23-10-8-12/h1-6,12H,7-11H2,(H,19,22)(H,20,21). The molecule has 1 fully saturated rings. The lowest BCUT2D eigenvalue weighted by atomic mass is 9.99. The molecular formula is C18H19NO5. The molecule has 6 heteroatoms. The Bertz CT molecular complexity index is 752. The highest BCUT2D eigenvalue weighted by molar-refractivity contribution is 6.04. The quantitative estimate of drug-likeness (QED) is 0.881. The third-order valence-electron chi connectivity index (χ3n) is 4.09. The van der Waals surface area contributed by atoms with E-state index in [-0.39, 0.29) is 11.8 Å². The first kappa shape index (κ1) is 16.3. The summed E-state index contributed by atoms with van der Waals surface area (Å²) in [5, 5.41) is 13.3. The topological polar surface area (TPSA) is 84.9 Å². The number of anilines is 1. The van der Waals surface area contributed by atoms with Crippen LogP contribution in [0.5, 0.6) is 5.75 Å². The molecule has 0 radical (unpaired) electrons. The van der Waals surface area contributed by atoms with Gasteiger partial charge in [-0.1, -0.05) is 24.3 Å². The maximum atomic E-state index is 12.4. The van der Waals surface area contributed by atoms with Crippen molar-refractivity contribution in [3.63, 3.8) is 0 Å². The maximum absolute atomic E-state index is 12.4. The summed E-state index contributed by atoms with van der Waals surface area (Å²) in [5.74, 6) is -0.601. The molecule has 126 valence electrons. The van der Waals surface area contributed by atoms with Crippen LogP contribution in [0.15, 0.2) is 36.4 Å². The van der Waals surface area contributed by atoms with Crippen molar-refractivity contribution in [2.45, 2.75) is 12.8 Å². The largest absolute Gasteiger partial charge is 0.481 e. The van der Waals surface area contributed by atoms with E-state index in [4.69, 9.17) is 14.6 Å². The molecule has 0 aromatic heterocycles. The molecule has 2 N–H and O–H groups in total. The minimum Gasteiger partial charge on any atom is -0.481 e. The summed E-state index contributed by atoms with van der Waals surface area (Å²) < 4.78 is 10.6. The predicted molar refractivity (Wildman–Crippen MR) is 89.3 cm³/mol. The number of amides is 1. The van der Waals surface area contributed by atoms with E-state index in [1.807, 2.05) is 24.3 Å². The zero-order chi connectivity index (χ0) is 16.9. The number of nitrogens with one attached hydrogen (secondary N) is 1. The summed E-state index contributed by atoms with van der Waals surface area (Å²) >= 11 is 0. The molecule has 1 aliphatic rings. The number of hydrogen-bond acceptors (Lipinski definition) is 4. The van der Waals surface area contributed by atoms with Crippen molar-refractivity contribution in [1.82, 2.24) is 0 Å². The second kappa shape index (κ2) is 7.31. The van der Waals surface area contributed by atoms with Crippen LogP contribution in [0.4, 0.5) is 5.69 Å². The van der Waals surface area contributed by atoms with Crippen LogP contribution >= 0.6 is 0 Å². The first-order valence-electron chi connectivity index (χ1n) is 7.90. The number of rotatable bonds is 5. The van der Waals surface area contributed by atoms with Gasteiger partial charge in [-0.15, -0.1) is 0 Å². The molecular weight excluding hydrogens is 310 g/mol. The highest BCUT2D eigenvalue weighted by atomic mass is 16.5. The number of fused-ring (bicyclic) bond motifs is 1. The van der Waals surface area contributed by atoms with Crippen molar-refractivity contribution in [3.05, 3.63) is 36.4 Å². The predicted octanol–water partition coefficient (Wildman–Crippen LogP) is 2.67. The second-order valence-corrected chi connectivity index (χ2v) is 5.72. The van der Waals surface area contributed by atoms with Crippen molar-refractivity contribution in [2.75, 3.05) is 25.1 Å². The summed E-state index contributed by atoms with van der Waals surface area (Å²) in [6, 6.07) is 10.9. The molecule has 1 saturated heterocycles. The van der Waals surface area contributed by atoms with Crippen LogP contribution in [0.25, 0.3) is 10.8 Å². The van der Waals surface area contributed by atoms with Crippen LogP contribution in [0.3, 0.4) is 0 Å². The van der Waals surface area contributed by atoms with Gasteiger partial charge in [-0.2, -0.15) is 0 Å². The first-order valence-corrected chi connectivity index (χ1v) is 7.90. The Kier molecular flexibility index (Phi) is 4.96. The van der Waals surface area contributed by atoms with Crippen LogP contribution in [0, 0.1) is 5.92 Å². The number of aliphatic carboxylic acids is 1. The van der Waals surface area contributed by atoms with Crippen LogP contribution < -0.4 is 10.1 Å². The van der Waals surface area contributed by atoms with Gasteiger partial charge in [0.05, 0.1) is 0 Å². The van der Waals surface area contributed by atoms with E-state index >= 15 is 0 Å². The Morgan fingerprint density at radius 2 is 1.83 bits per heavy atom. The summed E-state index contributed by atoms with van der Waals surface area (Å²) in [6.45, 7) is 0.819. The molecule has 2 aromatic rings. The average molecular weight is 329 g/mol. The van der Waals surface area contributed by atoms with E-state index in [2.05, 4.69) is 5.32 Å². The first-order chi connectivity index (χ1) is 11.6. The minimum absolute atomic E-state index is 0.0114. The van der Waals surface area contributed by atoms with Crippen LogP contribution in [0.2, 0.25) is 0 Å². The van der Waals surface area contributed by atoms with Gasteiger partial charge in [-0.25, -0.2) is 4.79 Å². The van der Waals surface area contributed by atoms with Gasteiger partial charge in [0.25, 0.3) is 0 Å². The van der Waals surface area contributed by atoms with Gasteiger partial charge >= 0.3 is 5.97 Å². The molecule has 1 heterocycles. The fourth-order valence-corrected chi connectivity index (χ4v) is 2.84. The monoisotopic (exact) mass is 329 g/mol. The lowest BCUT2D eigenvalue weighted by Crippen LogP contribution is -2.28. The van der Waals surface area contributed by atoms with Gasteiger partial charge in [0.2, 0.25) is 5.91 Å². The molecule has 24 heavy (non-hydrogen) atoms. The van der Waals surface area contributed by atoms with Crippen molar-refractivity contribution < 1.29 is 24.2 Å². The molecule has 0 unspecified atom stereocenters. The lowest BCUT2D eigenvalue weighted by Gasteiger charge is -2.22. The maximum Gasteiger partial charge on any atom is 0.341 e. The molecule has 1 aliphatic heterocycles. The summed E-state index contributed by atoms with van der Waals surface area (Å²) in [7, 11) is 0. The van der Waals surface area contributed by atoms with E-state index in [9.17, 15) is 9.59 Å². The molecule has 0 atom stereocenters. The number of carbonyl (C=O) groups is 2. The average Bonchev–Trinajstić information content (AvgIpc) is 2.61. The third-order valence-corrected chi connectivity index (χ3v) is 4.09. The number of carboxylic acids is 1. The number of ether oxygens (including phenoxy) is 2. The number of carbonyl (C=O) groups excluding carboxylic acids is 1. The third kappa shape index (κ3) is 3.65. The van der Waals surface area contributed by atoms with E-state index in [0.717, 1.165) is 23.6 Å². The summed E-state index contributed by atoms with van der Waals surface area (Å²) in [5.41, 5.74) is 0.699. The second-order valence-electron chi connectivity index (χ2n) is 5.72. The van der Waals surface area contributed by atoms with Gasteiger partial charge < -0.3 is 19.9 Å². The SMILES string of the molecule is O=C(O)COc1ccc(NC(=O)C2CCOCC2)c2ccccc12. The van der Waals surface area contributed by atoms with E-state index in [1.165, 1.54) is 0 Å². The number of hydrogen-bond donors (Lipinski definition) is 2. The molecule has 1 amide bonds. The van der Waals surface area contributed by atoms with Crippen LogP contribution in [-0.4, -0.2) is 36.8 Å². The van der Waals surface area contributed by atoms with E-state index < -0.39 is 12.6 Å². The molecule has 0 bridgehead atoms. The molecule has 0 spiro atoms. The fraction of sp³-hybridized carbons (Fsp3) is 0.333. The van der Waals surface area contributed by atoms with E-state index in [0.29, 0.717) is 24.7 Å². The molecule has 0 aliphatic carbocycles. The smallest absolute Gasteiger partial charge is 0.341 e. The zero-order valence-electron chi connectivity index (χ0n) is 13.2. The Labute approximate surface area is 139 Å². The lowest BCUT2D eigenvalue weighted by molar-refractivity contribution is -0.139. The molecule has 0 saturated carbocycles. The van der Waals surface area contributed by atoms with Crippen molar-refractivity contribution >= 4 is 28.3 Å². The van der Waals surface area contributed by atoms with Crippen molar-refractivity contribution in [2.24, 2.45) is 5.92 Å². The molecule has 3 rings (SSSR count). The zero-order valence-corrected chi connectivity index (χ0v) is 13.2. The van der Waals surface area contributed by atoms with Crippen LogP contribution in [-0.2, 0) is 14.3 Å². The fourth-order valence-electron chi connectivity index (χ4n) is 2.84. The van der Waals surface area contributed by atoms with Gasteiger partial charge in [-0.3, -0.25) is 4.79 Å². The van der Waals surface area contributed by atoms with Crippen molar-refractivity contribution in [3.8, 4) is 5.75 Å². The van der Waals surface area contributed by atoms with Crippen LogP contribution in [0.1, 0.15) is 12.8 Å². The van der Waals surface area contributed by atoms with Gasteiger partial charge in [0, 0.05) is 35.6 Å². The Balaban J connectivity index is 1.84. The van der Waals surface area contributed by atoms with Gasteiger partial charge in [0.15, 0.2) is 6.61 Å². The highest BCUT2D eigenvalue weighted by Gasteiger charge is 2.22. The van der Waals surface area contributed by atoms with Gasteiger partial charge in [-0.05, 0) is 25.0 Å². The van der Waals surface area contributed by atoms with Gasteiger partial charge in [0.1, 0.15) is 5.75 Å². The highest BCUT2D eigenvalue weighted by Crippen LogP contribution is 2.32. The number of benzene rings is 2. The Morgan fingerprint density at radius 3 is 2.54 bits per heavy atom. The minimum atomic E-state index is -1.03. The normalized spacial score (nSPS) is 15.2. The molecule has 6 nitrogen and oxygen atoms in total. The van der Waals surface area contributed by atoms with Crippen molar-refractivity contribution in [1.29, 1.82) is 0 Å². The Hall–Kier alpha value is -2.60. The van der Waals surface area contributed by atoms with E-state index in [1.54, 1.807) is 12.1 Å². The summed E-state index contributed by atoms with van der Waals surface area (Å²) in [6.07, 6.45) is 1.45. The molecule has 2 aromatic carbocycles.